The van der Waals surface area contributed by atoms with Crippen molar-refractivity contribution in [3.05, 3.63) is 60.3 Å². The number of aliphatic imine (C=N–C) groups is 1. The Hall–Kier alpha value is -3.45. The maximum Gasteiger partial charge on any atom is 0.242 e. The third kappa shape index (κ3) is 4.58. The number of para-hydroxylation sites is 1. The smallest absolute Gasteiger partial charge is 0.242 e. The molecule has 30 heavy (non-hydrogen) atoms. The zero-order valence-corrected chi connectivity index (χ0v) is 16.9. The predicted molar refractivity (Wildman–Crippen MR) is 117 cm³/mol. The highest BCUT2D eigenvalue weighted by Gasteiger charge is 2.18. The average Bonchev–Trinajstić information content (AvgIpc) is 3.11. The minimum atomic E-state index is -0.106. The zero-order valence-electron chi connectivity index (χ0n) is 16.9. The van der Waals surface area contributed by atoms with E-state index in [0.29, 0.717) is 32.8 Å². The number of fused-ring (bicyclic) bond motifs is 1. The first-order chi connectivity index (χ1) is 14.6. The maximum absolute atomic E-state index is 12.7. The van der Waals surface area contributed by atoms with Gasteiger partial charge in [0.05, 0.1) is 18.9 Å². The van der Waals surface area contributed by atoms with Crippen LogP contribution in [0.1, 0.15) is 12.5 Å². The van der Waals surface area contributed by atoms with Crippen molar-refractivity contribution < 1.29 is 14.3 Å². The van der Waals surface area contributed by atoms with Crippen LogP contribution in [0.2, 0.25) is 0 Å². The lowest BCUT2D eigenvalue weighted by Crippen LogP contribution is -2.42. The van der Waals surface area contributed by atoms with Gasteiger partial charge in [-0.25, -0.2) is 0 Å². The van der Waals surface area contributed by atoms with Crippen LogP contribution >= 0.6 is 0 Å². The van der Waals surface area contributed by atoms with Crippen LogP contribution in [0.3, 0.4) is 0 Å². The van der Waals surface area contributed by atoms with Crippen molar-refractivity contribution >= 4 is 40.3 Å². The Kier molecular flexibility index (Phi) is 5.90. The number of rotatable bonds is 5. The second kappa shape index (κ2) is 8.92. The molecule has 0 aliphatic carbocycles. The molecule has 7 nitrogen and oxygen atoms in total. The number of hydrogen-bond donors (Lipinski definition) is 1. The Morgan fingerprint density at radius 1 is 1.10 bits per heavy atom. The Labute approximate surface area is 175 Å². The molecule has 0 saturated carbocycles. The summed E-state index contributed by atoms with van der Waals surface area (Å²) in [4.78, 5) is 30.2. The summed E-state index contributed by atoms with van der Waals surface area (Å²) in [5.41, 5.74) is 3.47. The number of hydrogen-bond acceptors (Lipinski definition) is 4. The van der Waals surface area contributed by atoms with Gasteiger partial charge in [-0.15, -0.1) is 0 Å². The van der Waals surface area contributed by atoms with Crippen molar-refractivity contribution in [3.63, 3.8) is 0 Å². The van der Waals surface area contributed by atoms with Gasteiger partial charge in [-0.1, -0.05) is 18.2 Å². The van der Waals surface area contributed by atoms with Crippen molar-refractivity contribution in [3.8, 4) is 0 Å². The van der Waals surface area contributed by atoms with E-state index in [1.165, 1.54) is 6.92 Å². The number of morpholine rings is 1. The molecular weight excluding hydrogens is 380 g/mol. The monoisotopic (exact) mass is 404 g/mol. The standard InChI is InChI=1S/C23H24N4O3/c1-17(28)25-20-8-6-19(7-9-20)24-14-18-15-27(22-5-3-2-4-21(18)22)16-23(29)26-10-12-30-13-11-26/h2-9,14-15H,10-13,16H2,1H3,(H,25,28). The number of carbonyl (C=O) groups excluding carboxylic acids is 2. The lowest BCUT2D eigenvalue weighted by molar-refractivity contribution is -0.135. The highest BCUT2D eigenvalue weighted by Crippen LogP contribution is 2.22. The van der Waals surface area contributed by atoms with E-state index in [-0.39, 0.29) is 11.8 Å². The van der Waals surface area contributed by atoms with E-state index in [0.717, 1.165) is 27.8 Å². The number of nitrogens with zero attached hydrogens (tertiary/aromatic N) is 3. The number of aromatic nitrogens is 1. The number of carbonyl (C=O) groups is 2. The summed E-state index contributed by atoms with van der Waals surface area (Å²) >= 11 is 0. The average molecular weight is 404 g/mol. The van der Waals surface area contributed by atoms with Crippen LogP contribution < -0.4 is 5.32 Å². The number of nitrogens with one attached hydrogen (secondary N) is 1. The Morgan fingerprint density at radius 2 is 1.83 bits per heavy atom. The summed E-state index contributed by atoms with van der Waals surface area (Å²) < 4.78 is 7.32. The van der Waals surface area contributed by atoms with Crippen LogP contribution in [0.5, 0.6) is 0 Å². The SMILES string of the molecule is CC(=O)Nc1ccc(N=Cc2cn(CC(=O)N3CCOCC3)c3ccccc23)cc1. The van der Waals surface area contributed by atoms with Crippen LogP contribution in [0.25, 0.3) is 10.9 Å². The van der Waals surface area contributed by atoms with Crippen LogP contribution in [0.4, 0.5) is 11.4 Å². The Morgan fingerprint density at radius 3 is 2.57 bits per heavy atom. The van der Waals surface area contributed by atoms with E-state index in [2.05, 4.69) is 10.3 Å². The van der Waals surface area contributed by atoms with E-state index in [9.17, 15) is 9.59 Å². The van der Waals surface area contributed by atoms with Crippen LogP contribution in [-0.2, 0) is 20.9 Å². The molecule has 2 amide bonds. The van der Waals surface area contributed by atoms with E-state index >= 15 is 0 Å². The first-order valence-electron chi connectivity index (χ1n) is 9.95. The number of anilines is 1. The minimum absolute atomic E-state index is 0.0936. The fraction of sp³-hybridized carbons (Fsp3) is 0.261. The topological polar surface area (TPSA) is 75.9 Å². The summed E-state index contributed by atoms with van der Waals surface area (Å²) in [6, 6.07) is 15.3. The van der Waals surface area contributed by atoms with Gasteiger partial charge >= 0.3 is 0 Å². The summed E-state index contributed by atoms with van der Waals surface area (Å²) in [6.07, 6.45) is 3.78. The van der Waals surface area contributed by atoms with Crippen molar-refractivity contribution in [1.82, 2.24) is 9.47 Å². The van der Waals surface area contributed by atoms with E-state index < -0.39 is 0 Å². The molecule has 154 valence electrons. The van der Waals surface area contributed by atoms with Gasteiger partial charge in [-0.05, 0) is 30.3 Å². The molecule has 0 unspecified atom stereocenters. The third-order valence-electron chi connectivity index (χ3n) is 5.03. The van der Waals surface area contributed by atoms with Crippen molar-refractivity contribution in [2.24, 2.45) is 4.99 Å². The van der Waals surface area contributed by atoms with Gasteiger partial charge in [0.25, 0.3) is 0 Å². The lowest BCUT2D eigenvalue weighted by Gasteiger charge is -2.27. The number of amides is 2. The summed E-state index contributed by atoms with van der Waals surface area (Å²) in [7, 11) is 0. The second-order valence-corrected chi connectivity index (χ2v) is 7.21. The fourth-order valence-corrected chi connectivity index (χ4v) is 3.55. The van der Waals surface area contributed by atoms with Gasteiger partial charge in [0, 0.05) is 54.6 Å². The molecule has 4 rings (SSSR count). The summed E-state index contributed by atoms with van der Waals surface area (Å²) in [6.45, 7) is 4.24. The van der Waals surface area contributed by atoms with E-state index in [1.807, 2.05) is 70.4 Å². The zero-order chi connectivity index (χ0) is 20.9. The van der Waals surface area contributed by atoms with Crippen molar-refractivity contribution in [2.45, 2.75) is 13.5 Å². The molecule has 0 spiro atoms. The van der Waals surface area contributed by atoms with E-state index in [1.54, 1.807) is 0 Å². The van der Waals surface area contributed by atoms with Crippen LogP contribution in [-0.4, -0.2) is 53.8 Å². The number of benzene rings is 2. The summed E-state index contributed by atoms with van der Waals surface area (Å²) in [5.74, 6) is -0.0122. The summed E-state index contributed by atoms with van der Waals surface area (Å²) in [5, 5.41) is 3.79. The largest absolute Gasteiger partial charge is 0.378 e. The second-order valence-electron chi connectivity index (χ2n) is 7.21. The molecule has 2 aromatic carbocycles. The Balaban J connectivity index is 1.55. The molecule has 7 heteroatoms. The lowest BCUT2D eigenvalue weighted by atomic mass is 10.2. The minimum Gasteiger partial charge on any atom is -0.378 e. The molecule has 1 aliphatic heterocycles. The normalized spacial score (nSPS) is 14.4. The molecule has 3 aromatic rings. The first-order valence-corrected chi connectivity index (χ1v) is 9.95. The van der Waals surface area contributed by atoms with Gasteiger partial charge in [-0.3, -0.25) is 14.6 Å². The third-order valence-corrected chi connectivity index (χ3v) is 5.03. The van der Waals surface area contributed by atoms with Crippen molar-refractivity contribution in [2.75, 3.05) is 31.6 Å². The highest BCUT2D eigenvalue weighted by molar-refractivity contribution is 6.00. The molecule has 2 heterocycles. The van der Waals surface area contributed by atoms with Crippen molar-refractivity contribution in [1.29, 1.82) is 0 Å². The molecule has 1 aromatic heterocycles. The van der Waals surface area contributed by atoms with Crippen LogP contribution in [0, 0.1) is 0 Å². The molecule has 0 atom stereocenters. The van der Waals surface area contributed by atoms with Crippen LogP contribution in [0.15, 0.2) is 59.7 Å². The molecule has 1 fully saturated rings. The molecule has 1 N–H and O–H groups in total. The maximum atomic E-state index is 12.7. The fourth-order valence-electron chi connectivity index (χ4n) is 3.55. The molecule has 1 aliphatic rings. The first kappa shape index (κ1) is 19.8. The van der Waals surface area contributed by atoms with Gasteiger partial charge in [0.15, 0.2) is 0 Å². The quantitative estimate of drug-likeness (QED) is 0.664. The molecule has 1 saturated heterocycles. The molecule has 0 bridgehead atoms. The van der Waals surface area contributed by atoms with E-state index in [4.69, 9.17) is 4.74 Å². The van der Waals surface area contributed by atoms with Gasteiger partial charge in [0.1, 0.15) is 6.54 Å². The predicted octanol–water partition coefficient (Wildman–Crippen LogP) is 3.21. The highest BCUT2D eigenvalue weighted by atomic mass is 16.5. The molecule has 0 radical (unpaired) electrons. The Bertz CT molecular complexity index is 1080. The number of ether oxygens (including phenoxy) is 1. The van der Waals surface area contributed by atoms with Gasteiger partial charge in [-0.2, -0.15) is 0 Å². The van der Waals surface area contributed by atoms with Gasteiger partial charge in [0.2, 0.25) is 11.8 Å². The molecular formula is C23H24N4O3. The van der Waals surface area contributed by atoms with Gasteiger partial charge < -0.3 is 19.5 Å².